The van der Waals surface area contributed by atoms with E-state index in [2.05, 4.69) is 27.6 Å². The number of thioether (sulfide) groups is 1. The fraction of sp³-hybridized carbons (Fsp3) is 0.154. The second-order valence-corrected chi connectivity index (χ2v) is 8.61. The van der Waals surface area contributed by atoms with Crippen LogP contribution in [0.5, 0.6) is 5.75 Å². The minimum atomic E-state index is -0.515. The molecule has 0 bridgehead atoms. The van der Waals surface area contributed by atoms with Crippen LogP contribution < -0.4 is 15.8 Å². The van der Waals surface area contributed by atoms with Gasteiger partial charge in [-0.25, -0.2) is 0 Å². The summed E-state index contributed by atoms with van der Waals surface area (Å²) in [6, 6.07) is 24.3. The van der Waals surface area contributed by atoms with E-state index in [4.69, 9.17) is 10.5 Å². The van der Waals surface area contributed by atoms with Crippen LogP contribution in [0.3, 0.4) is 0 Å². The summed E-state index contributed by atoms with van der Waals surface area (Å²) in [6.45, 7) is 0.642. The van der Waals surface area contributed by atoms with Gasteiger partial charge in [-0.3, -0.25) is 9.59 Å². The van der Waals surface area contributed by atoms with E-state index in [0.29, 0.717) is 34.5 Å². The van der Waals surface area contributed by atoms with Crippen LogP contribution >= 0.6 is 11.8 Å². The van der Waals surface area contributed by atoms with Crippen LogP contribution in [0.15, 0.2) is 84.0 Å². The number of carbonyl (C=O) groups excluding carboxylic acids is 2. The summed E-state index contributed by atoms with van der Waals surface area (Å²) in [7, 11) is 1.62. The van der Waals surface area contributed by atoms with Gasteiger partial charge in [0.15, 0.2) is 11.0 Å². The van der Waals surface area contributed by atoms with Crippen molar-refractivity contribution in [2.45, 2.75) is 18.1 Å². The predicted octanol–water partition coefficient (Wildman–Crippen LogP) is 4.03. The molecule has 0 aliphatic carbocycles. The Morgan fingerprint density at radius 2 is 1.69 bits per heavy atom. The number of nitrogens with one attached hydrogen (secondary N) is 1. The molecule has 0 aliphatic rings. The topological polar surface area (TPSA) is 112 Å². The molecule has 3 aromatic carbocycles. The molecule has 0 saturated heterocycles. The lowest BCUT2D eigenvalue weighted by molar-refractivity contribution is -0.113. The van der Waals surface area contributed by atoms with Crippen LogP contribution in [0.2, 0.25) is 0 Å². The van der Waals surface area contributed by atoms with E-state index in [9.17, 15) is 9.59 Å². The molecule has 0 aliphatic heterocycles. The first kappa shape index (κ1) is 24.0. The molecule has 0 saturated carbocycles. The quantitative estimate of drug-likeness (QED) is 0.327. The molecular formula is C26H25N5O3S. The van der Waals surface area contributed by atoms with Gasteiger partial charge < -0.3 is 20.4 Å². The molecule has 8 nitrogen and oxygen atoms in total. The summed E-state index contributed by atoms with van der Waals surface area (Å²) in [6.07, 6.45) is 0.785. The number of para-hydroxylation sites is 1. The maximum atomic E-state index is 12.6. The predicted molar refractivity (Wildman–Crippen MR) is 136 cm³/mol. The Morgan fingerprint density at radius 3 is 2.40 bits per heavy atom. The van der Waals surface area contributed by atoms with Gasteiger partial charge in [-0.05, 0) is 48.4 Å². The first-order valence-electron chi connectivity index (χ1n) is 11.0. The van der Waals surface area contributed by atoms with Crippen molar-refractivity contribution >= 4 is 29.3 Å². The van der Waals surface area contributed by atoms with Crippen LogP contribution in [0, 0.1) is 0 Å². The molecule has 0 atom stereocenters. The van der Waals surface area contributed by atoms with E-state index >= 15 is 0 Å². The third kappa shape index (κ3) is 6.07. The number of aryl methyl sites for hydroxylation is 1. The molecule has 178 valence electrons. The summed E-state index contributed by atoms with van der Waals surface area (Å²) >= 11 is 1.31. The van der Waals surface area contributed by atoms with Gasteiger partial charge in [0.2, 0.25) is 11.8 Å². The molecule has 0 spiro atoms. The molecule has 35 heavy (non-hydrogen) atoms. The molecule has 1 heterocycles. The van der Waals surface area contributed by atoms with E-state index < -0.39 is 5.91 Å². The average Bonchev–Trinajstić information content (AvgIpc) is 3.29. The summed E-state index contributed by atoms with van der Waals surface area (Å²) in [5.41, 5.74) is 8.26. The highest BCUT2D eigenvalue weighted by Gasteiger charge is 2.18. The largest absolute Gasteiger partial charge is 0.496 e. The third-order valence-corrected chi connectivity index (χ3v) is 6.28. The van der Waals surface area contributed by atoms with Crippen molar-refractivity contribution in [3.8, 4) is 17.1 Å². The summed E-state index contributed by atoms with van der Waals surface area (Å²) in [5.74, 6) is 0.822. The first-order valence-corrected chi connectivity index (χ1v) is 12.0. The zero-order valence-electron chi connectivity index (χ0n) is 19.2. The molecule has 0 unspecified atom stereocenters. The minimum Gasteiger partial charge on any atom is -0.496 e. The Balaban J connectivity index is 1.51. The lowest BCUT2D eigenvalue weighted by atomic mass is 10.1. The smallest absolute Gasteiger partial charge is 0.248 e. The molecule has 4 rings (SSSR count). The van der Waals surface area contributed by atoms with Gasteiger partial charge in [-0.1, -0.05) is 54.2 Å². The molecule has 3 N–H and O–H groups in total. The van der Waals surface area contributed by atoms with Crippen LogP contribution in [0.4, 0.5) is 5.69 Å². The Bertz CT molecular complexity index is 1310. The second-order valence-electron chi connectivity index (χ2n) is 7.67. The van der Waals surface area contributed by atoms with E-state index in [1.165, 1.54) is 17.3 Å². The number of methoxy groups -OCH3 is 1. The standard InChI is InChI=1S/C26H25N5O3S/c1-34-22-10-6-5-9-21(22)25-29-30-26(31(25)16-15-18-7-3-2-4-8-18)35-17-23(32)28-20-13-11-19(12-14-20)24(27)33/h2-14H,15-17H2,1H3,(H2,27,33)(H,28,32). The van der Waals surface area contributed by atoms with Gasteiger partial charge in [0.25, 0.3) is 0 Å². The highest BCUT2D eigenvalue weighted by atomic mass is 32.2. The number of aromatic nitrogens is 3. The van der Waals surface area contributed by atoms with Crippen molar-refractivity contribution in [2.75, 3.05) is 18.2 Å². The van der Waals surface area contributed by atoms with Crippen molar-refractivity contribution in [3.05, 3.63) is 90.0 Å². The van der Waals surface area contributed by atoms with Crippen molar-refractivity contribution < 1.29 is 14.3 Å². The Labute approximate surface area is 207 Å². The number of hydrogen-bond donors (Lipinski definition) is 2. The summed E-state index contributed by atoms with van der Waals surface area (Å²) in [4.78, 5) is 23.8. The highest BCUT2D eigenvalue weighted by molar-refractivity contribution is 7.99. The fourth-order valence-corrected chi connectivity index (χ4v) is 4.32. The SMILES string of the molecule is COc1ccccc1-c1nnc(SCC(=O)Nc2ccc(C(N)=O)cc2)n1CCc1ccccc1. The van der Waals surface area contributed by atoms with E-state index in [0.717, 1.165) is 12.0 Å². The van der Waals surface area contributed by atoms with Crippen LogP contribution in [-0.2, 0) is 17.8 Å². The lowest BCUT2D eigenvalue weighted by Gasteiger charge is -2.12. The molecule has 1 aromatic heterocycles. The van der Waals surface area contributed by atoms with Crippen LogP contribution in [0.1, 0.15) is 15.9 Å². The fourth-order valence-electron chi connectivity index (χ4n) is 3.56. The van der Waals surface area contributed by atoms with Gasteiger partial charge in [-0.2, -0.15) is 0 Å². The normalized spacial score (nSPS) is 10.7. The van der Waals surface area contributed by atoms with E-state index in [1.54, 1.807) is 31.4 Å². The summed E-state index contributed by atoms with van der Waals surface area (Å²) in [5, 5.41) is 12.3. The van der Waals surface area contributed by atoms with E-state index in [1.807, 2.05) is 47.0 Å². The lowest BCUT2D eigenvalue weighted by Crippen LogP contribution is -2.15. The van der Waals surface area contributed by atoms with Crippen molar-refractivity contribution in [1.29, 1.82) is 0 Å². The number of ether oxygens (including phenoxy) is 1. The highest BCUT2D eigenvalue weighted by Crippen LogP contribution is 2.31. The van der Waals surface area contributed by atoms with Gasteiger partial charge in [-0.15, -0.1) is 10.2 Å². The van der Waals surface area contributed by atoms with Crippen molar-refractivity contribution in [1.82, 2.24) is 14.8 Å². The summed E-state index contributed by atoms with van der Waals surface area (Å²) < 4.78 is 7.55. The zero-order valence-corrected chi connectivity index (χ0v) is 20.0. The molecule has 0 fully saturated rings. The van der Waals surface area contributed by atoms with Crippen molar-refractivity contribution in [3.63, 3.8) is 0 Å². The number of rotatable bonds is 10. The Kier molecular flexibility index (Phi) is 7.79. The molecule has 0 radical (unpaired) electrons. The Hall–Kier alpha value is -4.11. The van der Waals surface area contributed by atoms with Gasteiger partial charge in [0, 0.05) is 17.8 Å². The van der Waals surface area contributed by atoms with Gasteiger partial charge in [0.05, 0.1) is 18.4 Å². The number of benzene rings is 3. The number of primary amides is 1. The van der Waals surface area contributed by atoms with Crippen LogP contribution in [-0.4, -0.2) is 39.4 Å². The number of hydrogen-bond acceptors (Lipinski definition) is 6. The van der Waals surface area contributed by atoms with E-state index in [-0.39, 0.29) is 11.7 Å². The first-order chi connectivity index (χ1) is 17.0. The molecule has 4 aromatic rings. The second kappa shape index (κ2) is 11.3. The molecule has 2 amide bonds. The molecular weight excluding hydrogens is 462 g/mol. The monoisotopic (exact) mass is 487 g/mol. The maximum Gasteiger partial charge on any atom is 0.248 e. The number of anilines is 1. The Morgan fingerprint density at radius 1 is 0.971 bits per heavy atom. The minimum absolute atomic E-state index is 0.146. The number of nitrogens with two attached hydrogens (primary N) is 1. The number of amides is 2. The van der Waals surface area contributed by atoms with Crippen molar-refractivity contribution in [2.24, 2.45) is 5.73 Å². The third-order valence-electron chi connectivity index (χ3n) is 5.32. The maximum absolute atomic E-state index is 12.6. The zero-order chi connectivity index (χ0) is 24.6. The number of nitrogens with zero attached hydrogens (tertiary/aromatic N) is 3. The molecule has 9 heteroatoms. The van der Waals surface area contributed by atoms with Gasteiger partial charge in [0.1, 0.15) is 5.75 Å². The van der Waals surface area contributed by atoms with Crippen LogP contribution in [0.25, 0.3) is 11.4 Å². The van der Waals surface area contributed by atoms with Gasteiger partial charge >= 0.3 is 0 Å². The number of carbonyl (C=O) groups is 2. The average molecular weight is 488 g/mol.